The first-order chi connectivity index (χ1) is 8.15. The Hall–Kier alpha value is -1.48. The summed E-state index contributed by atoms with van der Waals surface area (Å²) in [5, 5.41) is 0. The van der Waals surface area contributed by atoms with Crippen LogP contribution in [0.2, 0.25) is 0 Å². The minimum Gasteiger partial charge on any atom is -0.298 e. The Balaban J connectivity index is 3.02. The number of aldehydes is 1. The second-order valence-electron chi connectivity index (χ2n) is 3.24. The number of carbonyl (C=O) groups excluding carboxylic acids is 1. The molecule has 1 aromatic rings. The van der Waals surface area contributed by atoms with E-state index in [9.17, 15) is 30.8 Å². The number of rotatable bonds is 4. The highest BCUT2D eigenvalue weighted by Crippen LogP contribution is 2.17. The molecule has 0 aliphatic rings. The van der Waals surface area contributed by atoms with Gasteiger partial charge in [-0.1, -0.05) is 0 Å². The summed E-state index contributed by atoms with van der Waals surface area (Å²) >= 11 is 0. The van der Waals surface area contributed by atoms with Crippen LogP contribution < -0.4 is 4.72 Å². The lowest BCUT2D eigenvalue weighted by Crippen LogP contribution is -2.33. The summed E-state index contributed by atoms with van der Waals surface area (Å²) in [6.07, 6.45) is -4.64. The molecule has 1 rings (SSSR count). The molecule has 100 valence electrons. The third-order valence-electron chi connectivity index (χ3n) is 1.87. The van der Waals surface area contributed by atoms with Gasteiger partial charge in [-0.2, -0.15) is 13.2 Å². The Labute approximate surface area is 99.7 Å². The summed E-state index contributed by atoms with van der Waals surface area (Å²) < 4.78 is 72.6. The van der Waals surface area contributed by atoms with Crippen molar-refractivity contribution >= 4 is 16.3 Å². The molecule has 0 fully saturated rings. The van der Waals surface area contributed by atoms with Gasteiger partial charge in [0.1, 0.15) is 12.4 Å². The molecule has 0 aliphatic carbocycles. The highest BCUT2D eigenvalue weighted by molar-refractivity contribution is 7.89. The number of halogens is 4. The van der Waals surface area contributed by atoms with E-state index in [1.54, 1.807) is 0 Å². The van der Waals surface area contributed by atoms with Gasteiger partial charge in [-0.05, 0) is 18.2 Å². The third kappa shape index (κ3) is 3.77. The van der Waals surface area contributed by atoms with Crippen molar-refractivity contribution in [1.82, 2.24) is 4.72 Å². The molecule has 0 heterocycles. The smallest absolute Gasteiger partial charge is 0.298 e. The number of hydrogen-bond acceptors (Lipinski definition) is 3. The van der Waals surface area contributed by atoms with Gasteiger partial charge in [0.05, 0.1) is 10.5 Å². The van der Waals surface area contributed by atoms with E-state index in [2.05, 4.69) is 0 Å². The van der Waals surface area contributed by atoms with Crippen LogP contribution in [-0.2, 0) is 10.0 Å². The van der Waals surface area contributed by atoms with E-state index in [4.69, 9.17) is 0 Å². The van der Waals surface area contributed by atoms with Gasteiger partial charge in [0.25, 0.3) is 0 Å². The Kier molecular flexibility index (Phi) is 4.07. The normalized spacial score (nSPS) is 12.4. The molecule has 0 saturated carbocycles. The molecule has 4 nitrogen and oxygen atoms in total. The fourth-order valence-corrected chi connectivity index (χ4v) is 2.09. The van der Waals surface area contributed by atoms with Crippen LogP contribution in [0.5, 0.6) is 0 Å². The number of carbonyl (C=O) groups is 1. The Morgan fingerprint density at radius 2 is 1.89 bits per heavy atom. The minimum absolute atomic E-state index is 0.0676. The zero-order valence-electron chi connectivity index (χ0n) is 8.66. The van der Waals surface area contributed by atoms with Gasteiger partial charge < -0.3 is 0 Å². The molecule has 18 heavy (non-hydrogen) atoms. The topological polar surface area (TPSA) is 63.2 Å². The average Bonchev–Trinajstić information content (AvgIpc) is 2.26. The maximum atomic E-state index is 12.9. The number of benzene rings is 1. The first-order valence-corrected chi connectivity index (χ1v) is 5.95. The van der Waals surface area contributed by atoms with Crippen LogP contribution in [0, 0.1) is 5.82 Å². The quantitative estimate of drug-likeness (QED) is 0.673. The lowest BCUT2D eigenvalue weighted by molar-refractivity contribution is -0.121. The van der Waals surface area contributed by atoms with Crippen molar-refractivity contribution in [1.29, 1.82) is 0 Å². The van der Waals surface area contributed by atoms with Crippen LogP contribution >= 0.6 is 0 Å². The van der Waals surface area contributed by atoms with Crippen molar-refractivity contribution in [3.05, 3.63) is 29.6 Å². The van der Waals surface area contributed by atoms with Crippen molar-refractivity contribution in [3.8, 4) is 0 Å². The molecular weight excluding hydrogens is 278 g/mol. The standard InChI is InChI=1S/C9H7F4NO3S/c10-8-2-1-7(3-6(8)4-15)18(16,17)14-5-9(11,12)13/h1-4,14H,5H2. The molecule has 0 aromatic heterocycles. The first kappa shape index (κ1) is 14.6. The molecule has 0 unspecified atom stereocenters. The van der Waals surface area contributed by atoms with E-state index in [0.29, 0.717) is 12.1 Å². The fourth-order valence-electron chi connectivity index (χ4n) is 1.04. The van der Waals surface area contributed by atoms with E-state index < -0.39 is 39.0 Å². The molecule has 0 radical (unpaired) electrons. The van der Waals surface area contributed by atoms with E-state index in [1.807, 2.05) is 0 Å². The van der Waals surface area contributed by atoms with Crippen LogP contribution in [-0.4, -0.2) is 27.4 Å². The van der Waals surface area contributed by atoms with Crippen LogP contribution in [0.25, 0.3) is 0 Å². The molecular formula is C9H7F4NO3S. The summed E-state index contributed by atoms with van der Waals surface area (Å²) in [5.74, 6) is -0.959. The molecule has 0 aliphatic heterocycles. The van der Waals surface area contributed by atoms with Crippen LogP contribution in [0.1, 0.15) is 10.4 Å². The molecule has 9 heteroatoms. The lowest BCUT2D eigenvalue weighted by atomic mass is 10.2. The van der Waals surface area contributed by atoms with Gasteiger partial charge in [0.2, 0.25) is 10.0 Å². The molecule has 1 N–H and O–H groups in total. The van der Waals surface area contributed by atoms with Gasteiger partial charge >= 0.3 is 6.18 Å². The van der Waals surface area contributed by atoms with Crippen molar-refractivity contribution in [3.63, 3.8) is 0 Å². The predicted molar refractivity (Wildman–Crippen MR) is 53.0 cm³/mol. The lowest BCUT2D eigenvalue weighted by Gasteiger charge is -2.09. The number of sulfonamides is 1. The van der Waals surface area contributed by atoms with E-state index in [0.717, 1.165) is 6.07 Å². The summed E-state index contributed by atoms with van der Waals surface area (Å²) in [4.78, 5) is 9.77. The zero-order valence-corrected chi connectivity index (χ0v) is 9.48. The van der Waals surface area contributed by atoms with Crippen molar-refractivity contribution in [2.24, 2.45) is 0 Å². The molecule has 0 bridgehead atoms. The second-order valence-corrected chi connectivity index (χ2v) is 5.01. The summed E-state index contributed by atoms with van der Waals surface area (Å²) in [6.45, 7) is -1.75. The number of alkyl halides is 3. The molecule has 0 spiro atoms. The molecule has 0 amide bonds. The average molecular weight is 285 g/mol. The zero-order chi connectivity index (χ0) is 14.0. The molecule has 0 saturated heterocycles. The van der Waals surface area contributed by atoms with Crippen molar-refractivity contribution < 1.29 is 30.8 Å². The Bertz CT molecular complexity index is 553. The number of nitrogens with one attached hydrogen (secondary N) is 1. The van der Waals surface area contributed by atoms with Gasteiger partial charge in [-0.3, -0.25) is 4.79 Å². The van der Waals surface area contributed by atoms with Gasteiger partial charge in [-0.15, -0.1) is 0 Å². The van der Waals surface area contributed by atoms with Crippen LogP contribution in [0.15, 0.2) is 23.1 Å². The highest BCUT2D eigenvalue weighted by atomic mass is 32.2. The highest BCUT2D eigenvalue weighted by Gasteiger charge is 2.30. The third-order valence-corrected chi connectivity index (χ3v) is 3.27. The SMILES string of the molecule is O=Cc1cc(S(=O)(=O)NCC(F)(F)F)ccc1F. The summed E-state index contributed by atoms with van der Waals surface area (Å²) in [5.41, 5.74) is -0.551. The second kappa shape index (κ2) is 5.02. The van der Waals surface area contributed by atoms with Gasteiger partial charge in [0.15, 0.2) is 6.29 Å². The first-order valence-electron chi connectivity index (χ1n) is 4.47. The maximum absolute atomic E-state index is 12.9. The van der Waals surface area contributed by atoms with E-state index in [-0.39, 0.29) is 6.29 Å². The summed E-state index contributed by atoms with van der Waals surface area (Å²) in [7, 11) is -4.44. The number of hydrogen-bond donors (Lipinski definition) is 1. The van der Waals surface area contributed by atoms with Gasteiger partial charge in [-0.25, -0.2) is 17.5 Å². The van der Waals surface area contributed by atoms with E-state index >= 15 is 0 Å². The Morgan fingerprint density at radius 3 is 2.39 bits per heavy atom. The predicted octanol–water partition coefficient (Wildman–Crippen LogP) is 1.48. The maximum Gasteiger partial charge on any atom is 0.402 e. The van der Waals surface area contributed by atoms with Crippen molar-refractivity contribution in [2.45, 2.75) is 11.1 Å². The Morgan fingerprint density at radius 1 is 1.28 bits per heavy atom. The largest absolute Gasteiger partial charge is 0.402 e. The van der Waals surface area contributed by atoms with E-state index in [1.165, 1.54) is 4.72 Å². The monoisotopic (exact) mass is 285 g/mol. The summed E-state index contributed by atoms with van der Waals surface area (Å²) in [6, 6.07) is 2.11. The van der Waals surface area contributed by atoms with Gasteiger partial charge in [0, 0.05) is 0 Å². The minimum atomic E-state index is -4.71. The van der Waals surface area contributed by atoms with Crippen LogP contribution in [0.3, 0.4) is 0 Å². The molecule has 0 atom stereocenters. The fraction of sp³-hybridized carbons (Fsp3) is 0.222. The van der Waals surface area contributed by atoms with Crippen molar-refractivity contribution in [2.75, 3.05) is 6.54 Å². The molecule has 1 aromatic carbocycles. The van der Waals surface area contributed by atoms with Crippen LogP contribution in [0.4, 0.5) is 17.6 Å².